The van der Waals surface area contributed by atoms with Crippen LogP contribution in [0, 0.1) is 5.82 Å². The van der Waals surface area contributed by atoms with Crippen LogP contribution < -0.4 is 10.5 Å². The molecule has 1 aromatic carbocycles. The first-order chi connectivity index (χ1) is 10.6. The molecule has 130 valence electrons. The van der Waals surface area contributed by atoms with Gasteiger partial charge in [0.15, 0.2) is 8.32 Å². The van der Waals surface area contributed by atoms with Crippen LogP contribution in [0.1, 0.15) is 46.5 Å². The normalized spacial score (nSPS) is 22.9. The molecule has 1 aromatic rings. The molecular formula is C18H30FNO2Si. The molecule has 5 heteroatoms. The molecule has 2 rings (SSSR count). The summed E-state index contributed by atoms with van der Waals surface area (Å²) in [4.78, 5) is 0. The van der Waals surface area contributed by atoms with Gasteiger partial charge in [-0.15, -0.1) is 0 Å². The van der Waals surface area contributed by atoms with E-state index in [-0.39, 0.29) is 23.1 Å². The Morgan fingerprint density at radius 3 is 2.48 bits per heavy atom. The highest BCUT2D eigenvalue weighted by Gasteiger charge is 2.40. The van der Waals surface area contributed by atoms with Crippen LogP contribution >= 0.6 is 0 Å². The molecule has 0 unspecified atom stereocenters. The molecule has 3 nitrogen and oxygen atoms in total. The fraction of sp³-hybridized carbons (Fsp3) is 0.667. The van der Waals surface area contributed by atoms with E-state index in [9.17, 15) is 4.39 Å². The number of ether oxygens (including phenoxy) is 1. The molecule has 23 heavy (non-hydrogen) atoms. The summed E-state index contributed by atoms with van der Waals surface area (Å²) in [6.07, 6.45) is 4.23. The first kappa shape index (κ1) is 18.3. The Kier molecular flexibility index (Phi) is 5.41. The number of hydrogen-bond donors (Lipinski definition) is 1. The van der Waals surface area contributed by atoms with Crippen molar-refractivity contribution in [2.75, 3.05) is 5.73 Å². The van der Waals surface area contributed by atoms with Crippen molar-refractivity contribution in [2.45, 2.75) is 76.8 Å². The molecular weight excluding hydrogens is 309 g/mol. The van der Waals surface area contributed by atoms with Crippen LogP contribution in [0.2, 0.25) is 18.1 Å². The number of nitrogen functional groups attached to an aromatic ring is 1. The Morgan fingerprint density at radius 1 is 1.17 bits per heavy atom. The fourth-order valence-corrected chi connectivity index (χ4v) is 4.10. The molecule has 0 spiro atoms. The van der Waals surface area contributed by atoms with Gasteiger partial charge >= 0.3 is 0 Å². The van der Waals surface area contributed by atoms with E-state index >= 15 is 0 Å². The lowest BCUT2D eigenvalue weighted by Gasteiger charge is -2.41. The maximum Gasteiger partial charge on any atom is 0.192 e. The summed E-state index contributed by atoms with van der Waals surface area (Å²) >= 11 is 0. The first-order valence-corrected chi connectivity index (χ1v) is 11.4. The quantitative estimate of drug-likeness (QED) is 0.611. The zero-order chi connectivity index (χ0) is 17.3. The molecule has 2 atom stereocenters. The van der Waals surface area contributed by atoms with E-state index in [1.165, 1.54) is 12.1 Å². The monoisotopic (exact) mass is 339 g/mol. The predicted molar refractivity (Wildman–Crippen MR) is 95.8 cm³/mol. The second kappa shape index (κ2) is 6.81. The van der Waals surface area contributed by atoms with Crippen LogP contribution in [0.4, 0.5) is 10.1 Å². The number of nitrogens with two attached hydrogens (primary N) is 1. The molecule has 0 aromatic heterocycles. The van der Waals surface area contributed by atoms with Crippen LogP contribution in [-0.4, -0.2) is 20.5 Å². The van der Waals surface area contributed by atoms with Crippen molar-refractivity contribution in [3.8, 4) is 5.75 Å². The Labute approximate surface area is 140 Å². The minimum atomic E-state index is -1.77. The third-order valence-electron chi connectivity index (χ3n) is 5.11. The molecule has 2 N–H and O–H groups in total. The minimum Gasteiger partial charge on any atom is -0.488 e. The van der Waals surface area contributed by atoms with E-state index in [1.54, 1.807) is 6.07 Å². The van der Waals surface area contributed by atoms with E-state index in [0.717, 1.165) is 25.7 Å². The molecule has 0 saturated heterocycles. The molecule has 1 aliphatic carbocycles. The molecule has 1 fully saturated rings. The predicted octanol–water partition coefficient (Wildman–Crippen LogP) is 5.12. The summed E-state index contributed by atoms with van der Waals surface area (Å²) in [5.41, 5.74) is 6.37. The van der Waals surface area contributed by atoms with Gasteiger partial charge in [-0.05, 0) is 49.5 Å². The summed E-state index contributed by atoms with van der Waals surface area (Å²) in [5, 5.41) is 0.202. The van der Waals surface area contributed by atoms with Crippen molar-refractivity contribution >= 4 is 14.0 Å². The van der Waals surface area contributed by atoms with E-state index in [2.05, 4.69) is 33.9 Å². The van der Waals surface area contributed by atoms with Crippen molar-refractivity contribution in [1.82, 2.24) is 0 Å². The van der Waals surface area contributed by atoms with Crippen LogP contribution in [0.5, 0.6) is 5.75 Å². The van der Waals surface area contributed by atoms with Gasteiger partial charge in [0, 0.05) is 18.6 Å². The molecule has 0 bridgehead atoms. The highest BCUT2D eigenvalue weighted by atomic mass is 28.4. The lowest BCUT2D eigenvalue weighted by molar-refractivity contribution is 0.0602. The van der Waals surface area contributed by atoms with Crippen molar-refractivity contribution in [1.29, 1.82) is 0 Å². The minimum absolute atomic E-state index is 0.0441. The van der Waals surface area contributed by atoms with E-state index in [1.807, 2.05) is 0 Å². The van der Waals surface area contributed by atoms with Gasteiger partial charge in [-0.1, -0.05) is 20.8 Å². The van der Waals surface area contributed by atoms with E-state index in [0.29, 0.717) is 11.4 Å². The molecule has 0 heterocycles. The number of rotatable bonds is 4. The maximum atomic E-state index is 13.4. The maximum absolute atomic E-state index is 13.4. The lowest BCUT2D eigenvalue weighted by Crippen LogP contribution is -2.45. The molecule has 0 aliphatic heterocycles. The van der Waals surface area contributed by atoms with Crippen molar-refractivity contribution < 1.29 is 13.6 Å². The average Bonchev–Trinajstić information content (AvgIpc) is 2.41. The van der Waals surface area contributed by atoms with Gasteiger partial charge in [-0.3, -0.25) is 0 Å². The largest absolute Gasteiger partial charge is 0.488 e. The van der Waals surface area contributed by atoms with Crippen molar-refractivity contribution in [3.05, 3.63) is 24.0 Å². The number of hydrogen-bond acceptors (Lipinski definition) is 3. The van der Waals surface area contributed by atoms with Crippen LogP contribution in [0.3, 0.4) is 0 Å². The van der Waals surface area contributed by atoms with Gasteiger partial charge < -0.3 is 14.9 Å². The molecule has 0 radical (unpaired) electrons. The molecule has 1 aliphatic rings. The molecule has 0 amide bonds. The van der Waals surface area contributed by atoms with E-state index < -0.39 is 8.32 Å². The van der Waals surface area contributed by atoms with Crippen molar-refractivity contribution in [2.24, 2.45) is 0 Å². The number of anilines is 1. The van der Waals surface area contributed by atoms with Gasteiger partial charge in [0.2, 0.25) is 0 Å². The highest BCUT2D eigenvalue weighted by Crippen LogP contribution is 2.39. The Balaban J connectivity index is 2.00. The third kappa shape index (κ3) is 4.70. The van der Waals surface area contributed by atoms with Crippen molar-refractivity contribution in [3.63, 3.8) is 0 Å². The summed E-state index contributed by atoms with van der Waals surface area (Å²) in [5.74, 6) is 0.127. The van der Waals surface area contributed by atoms with Gasteiger partial charge in [0.1, 0.15) is 17.7 Å². The Morgan fingerprint density at radius 2 is 1.83 bits per heavy atom. The SMILES string of the molecule is CC(C)(C)[Si](C)(C)O[C@@H]1CCC[C@@H](Oc2cc(F)ccc2N)C1. The van der Waals surface area contributed by atoms with E-state index in [4.69, 9.17) is 14.9 Å². The lowest BCUT2D eigenvalue weighted by atomic mass is 9.95. The van der Waals surface area contributed by atoms with Gasteiger partial charge in [0.25, 0.3) is 0 Å². The number of benzene rings is 1. The second-order valence-corrected chi connectivity index (χ2v) is 12.8. The Bertz CT molecular complexity index is 542. The zero-order valence-electron chi connectivity index (χ0n) is 15.0. The van der Waals surface area contributed by atoms with Gasteiger partial charge in [-0.25, -0.2) is 4.39 Å². The standard InChI is InChI=1S/C18H30FNO2Si/c1-18(2,3)23(4,5)22-15-8-6-7-14(12-15)21-17-11-13(19)9-10-16(17)20/h9-11,14-15H,6-8,12,20H2,1-5H3/t14-,15-/m1/s1. The fourth-order valence-electron chi connectivity index (χ4n) is 2.70. The summed E-state index contributed by atoms with van der Waals surface area (Å²) in [6.45, 7) is 11.3. The number of halogens is 1. The van der Waals surface area contributed by atoms with Crippen LogP contribution in [0.25, 0.3) is 0 Å². The average molecular weight is 340 g/mol. The van der Waals surface area contributed by atoms with Gasteiger partial charge in [0.05, 0.1) is 5.69 Å². The summed E-state index contributed by atoms with van der Waals surface area (Å²) < 4.78 is 25.9. The highest BCUT2D eigenvalue weighted by molar-refractivity contribution is 6.74. The van der Waals surface area contributed by atoms with Crippen LogP contribution in [-0.2, 0) is 4.43 Å². The molecule has 1 saturated carbocycles. The first-order valence-electron chi connectivity index (χ1n) is 8.48. The van der Waals surface area contributed by atoms with Gasteiger partial charge in [-0.2, -0.15) is 0 Å². The van der Waals surface area contributed by atoms with Crippen LogP contribution in [0.15, 0.2) is 18.2 Å². The zero-order valence-corrected chi connectivity index (χ0v) is 16.0. The summed E-state index contributed by atoms with van der Waals surface area (Å²) in [7, 11) is -1.77. The smallest absolute Gasteiger partial charge is 0.192 e. The second-order valence-electron chi connectivity index (χ2n) is 8.09. The Hall–Kier alpha value is -1.07. The summed E-state index contributed by atoms with van der Waals surface area (Å²) in [6, 6.07) is 4.27. The topological polar surface area (TPSA) is 44.5 Å². The third-order valence-corrected chi connectivity index (χ3v) is 9.65.